The Balaban J connectivity index is 2.97. The maximum atomic E-state index is 14.6. The highest BCUT2D eigenvalue weighted by Gasteiger charge is 2.45. The Morgan fingerprint density at radius 2 is 1.80 bits per heavy atom. The van der Waals surface area contributed by atoms with Crippen LogP contribution in [-0.4, -0.2) is 59.7 Å². The number of rotatable bonds is 11. The van der Waals surface area contributed by atoms with Crippen LogP contribution in [0.2, 0.25) is 0 Å². The number of alkyl halides is 1. The van der Waals surface area contributed by atoms with Crippen LogP contribution in [0.5, 0.6) is 0 Å². The summed E-state index contributed by atoms with van der Waals surface area (Å²) in [5, 5.41) is 10.2. The summed E-state index contributed by atoms with van der Waals surface area (Å²) in [6.07, 6.45) is -3.88. The standard InChI is InChI=1S/C10H19FN3O13P3/c1-10(24-2,7(15)8(11)14-4-3-6(12)13-9(14)16)5-25-29(20,21)27-30(22,23)26-28(17,18)19/h3-4,7-8,15H,5H2,1-2H3,(H,20,21)(H,22,23)(H2,12,13,16)(H2,17,18,19)/t7-,8-,10+/m0/s1. The number of aliphatic hydroxyl groups excluding tert-OH is 1. The Morgan fingerprint density at radius 3 is 2.27 bits per heavy atom. The summed E-state index contributed by atoms with van der Waals surface area (Å²) in [7, 11) is -16.0. The van der Waals surface area contributed by atoms with Crippen LogP contribution >= 0.6 is 23.5 Å². The minimum atomic E-state index is -5.77. The number of aliphatic hydroxyl groups is 1. The first kappa shape index (κ1) is 27.0. The molecule has 1 heterocycles. The van der Waals surface area contributed by atoms with Crippen molar-refractivity contribution in [3.05, 3.63) is 22.7 Å². The van der Waals surface area contributed by atoms with Crippen LogP contribution in [0.25, 0.3) is 0 Å². The molecule has 0 saturated heterocycles. The Bertz CT molecular complexity index is 953. The van der Waals surface area contributed by atoms with Crippen LogP contribution in [0.1, 0.15) is 13.2 Å². The molecule has 0 aliphatic carbocycles. The highest BCUT2D eigenvalue weighted by Crippen LogP contribution is 2.66. The second kappa shape index (κ2) is 9.61. The molecule has 0 saturated carbocycles. The number of methoxy groups -OCH3 is 1. The van der Waals surface area contributed by atoms with E-state index in [0.717, 1.165) is 26.3 Å². The lowest BCUT2D eigenvalue weighted by Gasteiger charge is -2.35. The van der Waals surface area contributed by atoms with Gasteiger partial charge in [-0.15, -0.1) is 0 Å². The quantitative estimate of drug-likeness (QED) is 0.207. The highest BCUT2D eigenvalue weighted by molar-refractivity contribution is 7.66. The number of hydrogen-bond donors (Lipinski definition) is 6. The predicted molar refractivity (Wildman–Crippen MR) is 94.3 cm³/mol. The third kappa shape index (κ3) is 7.89. The van der Waals surface area contributed by atoms with Gasteiger partial charge in [-0.1, -0.05) is 0 Å². The third-order valence-electron chi connectivity index (χ3n) is 3.40. The summed E-state index contributed by atoms with van der Waals surface area (Å²) in [5.74, 6) is -0.222. The van der Waals surface area contributed by atoms with E-state index in [1.165, 1.54) is 0 Å². The normalized spacial score (nSPS) is 20.5. The van der Waals surface area contributed by atoms with Gasteiger partial charge < -0.3 is 35.2 Å². The van der Waals surface area contributed by atoms with Crippen LogP contribution in [0.4, 0.5) is 10.2 Å². The van der Waals surface area contributed by atoms with Crippen molar-refractivity contribution in [3.63, 3.8) is 0 Å². The highest BCUT2D eigenvalue weighted by atomic mass is 31.3. The first-order valence-corrected chi connectivity index (χ1v) is 11.9. The van der Waals surface area contributed by atoms with Crippen LogP contribution in [0.15, 0.2) is 17.1 Å². The number of phosphoric acid groups is 3. The fraction of sp³-hybridized carbons (Fsp3) is 0.600. The minimum absolute atomic E-state index is 0.222. The van der Waals surface area contributed by atoms with Gasteiger partial charge in [0.25, 0.3) is 0 Å². The van der Waals surface area contributed by atoms with Crippen molar-refractivity contribution >= 4 is 29.3 Å². The summed E-state index contributed by atoms with van der Waals surface area (Å²) in [4.78, 5) is 50.4. The van der Waals surface area contributed by atoms with E-state index >= 15 is 0 Å². The maximum Gasteiger partial charge on any atom is 0.490 e. The van der Waals surface area contributed by atoms with Gasteiger partial charge >= 0.3 is 29.2 Å². The molecule has 1 rings (SSSR count). The molecule has 20 heteroatoms. The number of aromatic nitrogens is 2. The van der Waals surface area contributed by atoms with E-state index in [4.69, 9.17) is 25.2 Å². The van der Waals surface area contributed by atoms with Crippen molar-refractivity contribution in [1.82, 2.24) is 9.55 Å². The van der Waals surface area contributed by atoms with E-state index in [-0.39, 0.29) is 5.82 Å². The average molecular weight is 501 g/mol. The van der Waals surface area contributed by atoms with Crippen molar-refractivity contribution in [2.75, 3.05) is 19.5 Å². The molecule has 0 radical (unpaired) electrons. The molecule has 0 fully saturated rings. The number of nitrogens with two attached hydrogens (primary N) is 1. The monoisotopic (exact) mass is 501 g/mol. The molecule has 1 aromatic rings. The molecular weight excluding hydrogens is 482 g/mol. The molecule has 0 aromatic carbocycles. The zero-order chi connectivity index (χ0) is 23.5. The van der Waals surface area contributed by atoms with Gasteiger partial charge in [0.05, 0.1) is 6.61 Å². The molecule has 16 nitrogen and oxygen atoms in total. The number of hydrogen-bond acceptors (Lipinski definition) is 11. The van der Waals surface area contributed by atoms with Crippen molar-refractivity contribution in [2.24, 2.45) is 0 Å². The zero-order valence-corrected chi connectivity index (χ0v) is 17.9. The molecule has 0 bridgehead atoms. The molecule has 0 spiro atoms. The molecule has 0 aliphatic heterocycles. The molecule has 5 atom stereocenters. The number of halogens is 1. The van der Waals surface area contributed by atoms with Gasteiger partial charge in [-0.3, -0.25) is 9.09 Å². The minimum Gasteiger partial charge on any atom is -0.385 e. The topological polar surface area (TPSA) is 250 Å². The molecule has 2 unspecified atom stereocenters. The number of nitrogens with zero attached hydrogens (tertiary/aromatic N) is 2. The van der Waals surface area contributed by atoms with Gasteiger partial charge in [-0.05, 0) is 13.0 Å². The van der Waals surface area contributed by atoms with E-state index in [1.807, 2.05) is 0 Å². The number of phosphoric ester groups is 1. The molecule has 30 heavy (non-hydrogen) atoms. The first-order chi connectivity index (χ1) is 13.4. The average Bonchev–Trinajstić information content (AvgIpc) is 2.55. The zero-order valence-electron chi connectivity index (χ0n) is 15.2. The second-order valence-electron chi connectivity index (χ2n) is 5.74. The lowest BCUT2D eigenvalue weighted by atomic mass is 9.99. The summed E-state index contributed by atoms with van der Waals surface area (Å²) in [6.45, 7) is -0.198. The van der Waals surface area contributed by atoms with Gasteiger partial charge in [0.2, 0.25) is 6.30 Å². The molecular formula is C10H19FN3O13P3. The maximum absolute atomic E-state index is 14.6. The van der Waals surface area contributed by atoms with E-state index in [0.29, 0.717) is 4.57 Å². The molecule has 1 aromatic heterocycles. The Labute approximate surface area is 167 Å². The lowest BCUT2D eigenvalue weighted by Crippen LogP contribution is -2.50. The predicted octanol–water partition coefficient (Wildman–Crippen LogP) is -0.597. The van der Waals surface area contributed by atoms with Gasteiger partial charge in [0, 0.05) is 13.3 Å². The fourth-order valence-corrected chi connectivity index (χ4v) is 4.95. The molecule has 174 valence electrons. The number of anilines is 1. The summed E-state index contributed by atoms with van der Waals surface area (Å²) < 4.78 is 64.8. The summed E-state index contributed by atoms with van der Waals surface area (Å²) in [5.41, 5.74) is 1.94. The van der Waals surface area contributed by atoms with E-state index in [2.05, 4.69) is 18.1 Å². The van der Waals surface area contributed by atoms with Crippen molar-refractivity contribution in [1.29, 1.82) is 0 Å². The van der Waals surface area contributed by atoms with E-state index in [9.17, 15) is 32.9 Å². The van der Waals surface area contributed by atoms with Gasteiger partial charge in [-0.25, -0.2) is 22.9 Å². The Hall–Kier alpha value is -1.06. The van der Waals surface area contributed by atoms with E-state index < -0.39 is 53.8 Å². The second-order valence-corrected chi connectivity index (χ2v) is 10.2. The van der Waals surface area contributed by atoms with Gasteiger partial charge in [-0.2, -0.15) is 13.6 Å². The van der Waals surface area contributed by atoms with Crippen molar-refractivity contribution in [2.45, 2.75) is 24.9 Å². The third-order valence-corrected chi connectivity index (χ3v) is 7.18. The molecule has 7 N–H and O–H groups in total. The number of nitrogen functional groups attached to an aromatic ring is 1. The van der Waals surface area contributed by atoms with Crippen LogP contribution in [0, 0.1) is 0 Å². The smallest absolute Gasteiger partial charge is 0.385 e. The molecule has 0 amide bonds. The molecule has 0 aliphatic rings. The van der Waals surface area contributed by atoms with Crippen LogP contribution < -0.4 is 11.4 Å². The fourth-order valence-electron chi connectivity index (χ4n) is 1.83. The Kier molecular flexibility index (Phi) is 8.64. The lowest BCUT2D eigenvalue weighted by molar-refractivity contribution is -0.151. The van der Waals surface area contributed by atoms with Crippen molar-refractivity contribution < 1.29 is 60.6 Å². The van der Waals surface area contributed by atoms with E-state index in [1.54, 1.807) is 0 Å². The SMILES string of the molecule is CO[C@](C)(COP(=O)(O)OP(=O)(O)OP(=O)(O)O)[C@@H](O)[C@@H](F)n1ccc(N)nc1=O. The van der Waals surface area contributed by atoms with Crippen molar-refractivity contribution in [3.8, 4) is 0 Å². The first-order valence-electron chi connectivity index (χ1n) is 7.42. The van der Waals surface area contributed by atoms with Gasteiger partial charge in [0.1, 0.15) is 17.5 Å². The Morgan fingerprint density at radius 1 is 1.23 bits per heavy atom. The number of ether oxygens (including phenoxy) is 1. The largest absolute Gasteiger partial charge is 0.490 e. The van der Waals surface area contributed by atoms with Crippen LogP contribution in [-0.2, 0) is 31.6 Å². The summed E-state index contributed by atoms with van der Waals surface area (Å²) >= 11 is 0. The summed E-state index contributed by atoms with van der Waals surface area (Å²) in [6, 6.07) is 1.05. The van der Waals surface area contributed by atoms with Gasteiger partial charge in [0.15, 0.2) is 0 Å². The van der Waals surface area contributed by atoms with Crippen LogP contribution in [0.3, 0.4) is 0 Å².